The molecule has 8 aromatic carbocycles. The van der Waals surface area contributed by atoms with Crippen molar-refractivity contribution >= 4 is 125 Å². The second kappa shape index (κ2) is 24.7. The zero-order chi connectivity index (χ0) is 38.4. The predicted octanol–water partition coefficient (Wildman–Crippen LogP) is 7.31. The van der Waals surface area contributed by atoms with Crippen LogP contribution in [0.25, 0.3) is 0 Å². The molecule has 296 valence electrons. The molecule has 0 aliphatic carbocycles. The van der Waals surface area contributed by atoms with Crippen molar-refractivity contribution < 1.29 is 40.8 Å². The molecule has 0 fully saturated rings. The van der Waals surface area contributed by atoms with Crippen LogP contribution in [0.15, 0.2) is 243 Å². The van der Waals surface area contributed by atoms with E-state index >= 15 is 0 Å². The fourth-order valence-electron chi connectivity index (χ4n) is 6.53. The monoisotopic (exact) mass is 1310 g/mol. The van der Waals surface area contributed by atoms with E-state index in [1.807, 2.05) is 0 Å². The molecule has 0 spiro atoms. The third kappa shape index (κ3) is 12.7. The Balaban J connectivity index is 0.000000214. The van der Waals surface area contributed by atoms with E-state index in [1.165, 1.54) is 21.4 Å². The van der Waals surface area contributed by atoms with Gasteiger partial charge in [0.2, 0.25) is 0 Å². The number of rotatable bonds is 12. The third-order valence-electron chi connectivity index (χ3n) is 9.15. The molecule has 8 rings (SSSR count). The summed E-state index contributed by atoms with van der Waals surface area (Å²) in [4.78, 5) is 0. The first-order valence-electron chi connectivity index (χ1n) is 18.5. The molecule has 0 heterocycles. The Kier molecular flexibility index (Phi) is 20.1. The molecular weight excluding hydrogens is 1270 g/mol. The van der Waals surface area contributed by atoms with Gasteiger partial charge < -0.3 is 0 Å². The van der Waals surface area contributed by atoms with Crippen molar-refractivity contribution in [3.8, 4) is 0 Å². The molecule has 0 radical (unpaired) electrons. The molecule has 0 unspecified atom stereocenters. The normalized spacial score (nSPS) is 11.0. The van der Waals surface area contributed by atoms with Gasteiger partial charge in [0.15, 0.2) is 0 Å². The van der Waals surface area contributed by atoms with Crippen LogP contribution in [0.3, 0.4) is 0 Å². The number of halogens is 2. The molecule has 0 amide bonds. The van der Waals surface area contributed by atoms with Crippen LogP contribution in [0.1, 0.15) is 0 Å². The number of benzene rings is 8. The number of hydrogen-bond donors (Lipinski definition) is 0. The first-order chi connectivity index (χ1) is 27.6. The summed E-state index contributed by atoms with van der Waals surface area (Å²) in [5.74, 6) is 0. The van der Waals surface area contributed by atoms with Crippen molar-refractivity contribution in [3.63, 3.8) is 0 Å². The Hall–Kier alpha value is -1.72. The summed E-state index contributed by atoms with van der Waals surface area (Å²) in [5, 5.41) is 0. The molecule has 0 atom stereocenters. The summed E-state index contributed by atoms with van der Waals surface area (Å²) >= 11 is 2.38. The number of hydrogen-bond acceptors (Lipinski definition) is 0. The summed E-state index contributed by atoms with van der Waals surface area (Å²) < 4.78 is 13.2. The van der Waals surface area contributed by atoms with Crippen LogP contribution in [-0.2, 0) is 40.8 Å². The minimum atomic E-state index is -1.75. The molecule has 0 bridgehead atoms. The fourth-order valence-corrected chi connectivity index (χ4v) is 48.4. The first kappa shape index (κ1) is 47.3. The SMILES string of the molecule is BrC(Br)([As](c1ccccc1)c1ccccc1)[As](c1ccccc1)c1ccccc1.[Pd].[Pd].c1ccc([As](C[As](c2ccccc2)c2ccccc2)c2ccccc2)cc1. The molecule has 0 saturated heterocycles. The Morgan fingerprint density at radius 1 is 0.259 bits per heavy atom. The predicted molar refractivity (Wildman–Crippen MR) is 257 cm³/mol. The molecule has 8 aromatic rings. The quantitative estimate of drug-likeness (QED) is 0.0891. The van der Waals surface area contributed by atoms with E-state index in [9.17, 15) is 0 Å². The van der Waals surface area contributed by atoms with E-state index in [0.29, 0.717) is 0 Å². The molecule has 0 aromatic heterocycles. The van der Waals surface area contributed by atoms with E-state index in [-0.39, 0.29) is 41.7 Å². The Morgan fingerprint density at radius 2 is 0.414 bits per heavy atom. The van der Waals surface area contributed by atoms with Crippen molar-refractivity contribution in [2.24, 2.45) is 0 Å². The molecule has 0 nitrogen and oxygen atoms in total. The van der Waals surface area contributed by atoms with Gasteiger partial charge in [0.1, 0.15) is 0 Å². The van der Waals surface area contributed by atoms with Gasteiger partial charge in [0.25, 0.3) is 0 Å². The minimum absolute atomic E-state index is 0. The van der Waals surface area contributed by atoms with Gasteiger partial charge in [-0.05, 0) is 0 Å². The van der Waals surface area contributed by atoms with Crippen LogP contribution in [0, 0.1) is 0 Å². The Morgan fingerprint density at radius 3 is 0.586 bits per heavy atom. The van der Waals surface area contributed by atoms with Gasteiger partial charge in [-0.15, -0.1) is 0 Å². The first-order valence-corrected chi connectivity index (χ1v) is 32.2. The maximum atomic E-state index is 4.31. The van der Waals surface area contributed by atoms with Crippen LogP contribution in [0.4, 0.5) is 0 Å². The van der Waals surface area contributed by atoms with Gasteiger partial charge in [-0.25, -0.2) is 0 Å². The van der Waals surface area contributed by atoms with E-state index < -0.39 is 58.6 Å². The van der Waals surface area contributed by atoms with Crippen molar-refractivity contribution in [3.05, 3.63) is 243 Å². The summed E-state index contributed by atoms with van der Waals surface area (Å²) in [6.45, 7) is 0. The van der Waals surface area contributed by atoms with Crippen LogP contribution >= 0.6 is 31.9 Å². The van der Waals surface area contributed by atoms with Crippen molar-refractivity contribution in [1.29, 1.82) is 0 Å². The van der Waals surface area contributed by atoms with Crippen LogP contribution < -0.4 is 34.8 Å². The third-order valence-corrected chi connectivity index (χ3v) is 45.1. The van der Waals surface area contributed by atoms with E-state index in [2.05, 4.69) is 275 Å². The van der Waals surface area contributed by atoms with Gasteiger partial charge in [-0.2, -0.15) is 0 Å². The van der Waals surface area contributed by atoms with E-state index in [4.69, 9.17) is 0 Å². The van der Waals surface area contributed by atoms with Crippen molar-refractivity contribution in [2.45, 2.75) is 4.81 Å². The topological polar surface area (TPSA) is 0 Å². The van der Waals surface area contributed by atoms with Crippen LogP contribution in [0.5, 0.6) is 0 Å². The standard InChI is InChI=1S/C25H20As2Br2.C25H22As2.2Pd/c28-25(29,26(21-13-5-1-6-14-21)22-15-7-2-8-16-22)27(23-17-9-3-10-18-23)24-19-11-4-12-20-24;1-5-13-22(14-6-1)26(23-15-7-2-8-16-23)21-27(24-17-9-3-10-18-24)25-19-11-4-12-20-25;;/h1-20H;1-20H,21H2;;. The zero-order valence-electron chi connectivity index (χ0n) is 31.5. The van der Waals surface area contributed by atoms with Gasteiger partial charge in [-0.1, -0.05) is 0 Å². The van der Waals surface area contributed by atoms with Crippen molar-refractivity contribution in [2.75, 3.05) is 0 Å². The Labute approximate surface area is 408 Å². The summed E-state index contributed by atoms with van der Waals surface area (Å²) in [5.41, 5.74) is 0. The zero-order valence-corrected chi connectivity index (χ0v) is 45.3. The number of alkyl halides is 2. The van der Waals surface area contributed by atoms with Crippen LogP contribution in [0.2, 0.25) is 4.00 Å². The molecule has 0 aliphatic heterocycles. The summed E-state index contributed by atoms with van der Waals surface area (Å²) in [6.07, 6.45) is 0. The van der Waals surface area contributed by atoms with Crippen molar-refractivity contribution in [1.82, 2.24) is 0 Å². The summed E-state index contributed by atoms with van der Waals surface area (Å²) in [6, 6.07) is 89.0. The van der Waals surface area contributed by atoms with E-state index in [0.717, 1.165) is 0 Å². The van der Waals surface area contributed by atoms with Gasteiger partial charge in [0.05, 0.1) is 0 Å². The molecule has 0 saturated carbocycles. The average molecular weight is 1320 g/mol. The van der Waals surface area contributed by atoms with Gasteiger partial charge >= 0.3 is 373 Å². The maximum absolute atomic E-state index is 4.31. The second-order valence-corrected chi connectivity index (χ2v) is 44.9. The molecule has 0 aliphatic rings. The Bertz CT molecular complexity index is 1990. The van der Waals surface area contributed by atoms with Gasteiger partial charge in [0, 0.05) is 40.8 Å². The van der Waals surface area contributed by atoms with E-state index in [1.54, 1.807) is 17.4 Å². The molecule has 8 heteroatoms. The average Bonchev–Trinajstić information content (AvgIpc) is 3.27. The van der Waals surface area contributed by atoms with Gasteiger partial charge in [-0.3, -0.25) is 0 Å². The molecule has 0 N–H and O–H groups in total. The second-order valence-electron chi connectivity index (χ2n) is 12.9. The fraction of sp³-hybridized carbons (Fsp3) is 0.0400. The van der Waals surface area contributed by atoms with Crippen LogP contribution in [-0.4, -0.2) is 59.4 Å². The molecular formula is C50H42As4Br2Pd2. The molecule has 58 heavy (non-hydrogen) atoms. The summed E-state index contributed by atoms with van der Waals surface area (Å²) in [7, 11) is 0.